The van der Waals surface area contributed by atoms with Crippen LogP contribution in [0.15, 0.2) is 18.1 Å². The minimum absolute atomic E-state index is 0.0558. The lowest BCUT2D eigenvalue weighted by Crippen LogP contribution is -2.41. The van der Waals surface area contributed by atoms with Crippen LogP contribution in [-0.2, 0) is 15.7 Å². The Morgan fingerprint density at radius 3 is 2.63 bits per heavy atom. The van der Waals surface area contributed by atoms with Gasteiger partial charge < -0.3 is 9.31 Å². The Morgan fingerprint density at radius 1 is 1.42 bits per heavy atom. The smallest absolute Gasteiger partial charge is 0.399 e. The van der Waals surface area contributed by atoms with Crippen LogP contribution in [0.5, 0.6) is 0 Å². The summed E-state index contributed by atoms with van der Waals surface area (Å²) in [5.41, 5.74) is -1.36. The molecule has 0 aromatic heterocycles. The zero-order chi connectivity index (χ0) is 18.4. The first-order valence-corrected chi connectivity index (χ1v) is 6.29. The Morgan fingerprint density at radius 2 is 2.11 bits per heavy atom. The van der Waals surface area contributed by atoms with Crippen LogP contribution >= 0.6 is 0 Å². The summed E-state index contributed by atoms with van der Waals surface area (Å²) >= 11 is 0. The van der Waals surface area contributed by atoms with Gasteiger partial charge in [0.1, 0.15) is 7.63 Å². The molecule has 1 atom stereocenters. The van der Waals surface area contributed by atoms with Crippen LogP contribution in [-0.4, -0.2) is 24.6 Å². The number of hydrogen-bond donors (Lipinski definition) is 0. The summed E-state index contributed by atoms with van der Waals surface area (Å²) in [6.07, 6.45) is -0.763. The molecule has 1 aromatic rings. The summed E-state index contributed by atoms with van der Waals surface area (Å²) in [4.78, 5) is 11.7. The maximum absolute atomic E-state index is 11.7. The molecule has 1 aromatic carbocycles. The molecule has 1 fully saturated rings. The number of carbonyl (C=O) groups excluding carboxylic acids is 1. The summed E-state index contributed by atoms with van der Waals surface area (Å²) in [7, 11) is -1.01. The van der Waals surface area contributed by atoms with Gasteiger partial charge in [-0.15, -0.1) is 0 Å². The molecule has 0 bridgehead atoms. The zero-order valence-corrected chi connectivity index (χ0v) is 11.7. The highest BCUT2D eigenvalue weighted by molar-refractivity contribution is 6.62. The molecule has 1 saturated heterocycles. The maximum Gasteiger partial charge on any atom is 0.495 e. The molecule has 4 heteroatoms. The fourth-order valence-corrected chi connectivity index (χ4v) is 2.01. The Balaban J connectivity index is 2.70. The molecule has 0 saturated carbocycles. The van der Waals surface area contributed by atoms with Crippen molar-refractivity contribution in [1.82, 2.24) is 0 Å². The van der Waals surface area contributed by atoms with Crippen molar-refractivity contribution in [3.05, 3.63) is 29.3 Å². The van der Waals surface area contributed by atoms with E-state index in [2.05, 4.69) is 0 Å². The third-order valence-electron chi connectivity index (χ3n) is 3.75. The summed E-state index contributed by atoms with van der Waals surface area (Å²) < 4.78 is 51.0. The van der Waals surface area contributed by atoms with Crippen molar-refractivity contribution >= 4 is 18.8 Å². The first kappa shape index (κ1) is 8.93. The zero-order valence-electron chi connectivity index (χ0n) is 16.7. The van der Waals surface area contributed by atoms with Crippen molar-refractivity contribution in [2.75, 3.05) is 0 Å². The molecular weight excluding hydrogens is 239 g/mol. The monoisotopic (exact) mass is 265 g/mol. The molecule has 102 valence electrons. The average molecular weight is 265 g/mol. The highest BCUT2D eigenvalue weighted by Gasteiger charge is 2.52. The molecule has 3 nitrogen and oxygen atoms in total. The van der Waals surface area contributed by atoms with Crippen LogP contribution in [0.25, 0.3) is 0 Å². The van der Waals surface area contributed by atoms with E-state index in [1.807, 2.05) is 0 Å². The lowest BCUT2D eigenvalue weighted by atomic mass is 9.74. The van der Waals surface area contributed by atoms with E-state index in [0.717, 1.165) is 0 Å². The van der Waals surface area contributed by atoms with Crippen molar-refractivity contribution in [2.45, 2.75) is 52.2 Å². The van der Waals surface area contributed by atoms with Gasteiger partial charge in [-0.1, -0.05) is 25.1 Å². The first-order valence-electron chi connectivity index (χ1n) is 8.99. The molecule has 1 aliphatic heterocycles. The van der Waals surface area contributed by atoms with Crippen molar-refractivity contribution in [3.63, 3.8) is 0 Å². The van der Waals surface area contributed by atoms with Gasteiger partial charge in [0.2, 0.25) is 0 Å². The predicted octanol–water partition coefficient (Wildman–Crippen LogP) is 2.36. The van der Waals surface area contributed by atoms with Crippen LogP contribution in [0.4, 0.5) is 0 Å². The number of carbonyl (C=O) groups is 1. The Labute approximate surface area is 122 Å². The average Bonchev–Trinajstić information content (AvgIpc) is 2.74. The summed E-state index contributed by atoms with van der Waals surface area (Å²) in [6.45, 7) is 7.01. The lowest BCUT2D eigenvalue weighted by Gasteiger charge is -2.32. The van der Waals surface area contributed by atoms with E-state index in [-0.39, 0.29) is 24.0 Å². The molecule has 0 N–H and O–H groups in total. The summed E-state index contributed by atoms with van der Waals surface area (Å²) in [5, 5.41) is 0. The van der Waals surface area contributed by atoms with Crippen molar-refractivity contribution in [1.29, 1.82) is 0 Å². The normalized spacial score (nSPS) is 29.3. The van der Waals surface area contributed by atoms with Crippen LogP contribution in [0.3, 0.4) is 0 Å². The lowest BCUT2D eigenvalue weighted by molar-refractivity contribution is 0.00578. The fraction of sp³-hybridized carbons (Fsp3) is 0.533. The van der Waals surface area contributed by atoms with Gasteiger partial charge in [-0.25, -0.2) is 0 Å². The van der Waals surface area contributed by atoms with E-state index in [1.165, 1.54) is 0 Å². The van der Waals surface area contributed by atoms with E-state index in [1.54, 1.807) is 27.7 Å². The molecule has 2 rings (SSSR count). The Hall–Kier alpha value is -1.13. The molecular formula is C15H21BO3. The van der Waals surface area contributed by atoms with E-state index in [0.29, 0.717) is 12.0 Å². The van der Waals surface area contributed by atoms with Gasteiger partial charge in [-0.05, 0) is 45.1 Å². The van der Waals surface area contributed by atoms with E-state index < -0.39 is 36.7 Å². The van der Waals surface area contributed by atoms with Crippen molar-refractivity contribution in [3.8, 4) is 0 Å². The highest BCUT2D eigenvalue weighted by Crippen LogP contribution is 2.36. The molecule has 1 heterocycles. The van der Waals surface area contributed by atoms with Gasteiger partial charge in [-0.2, -0.15) is 0 Å². The number of rotatable bonds is 3. The maximum atomic E-state index is 11.7. The molecule has 1 aliphatic rings. The molecule has 19 heavy (non-hydrogen) atoms. The van der Waals surface area contributed by atoms with E-state index >= 15 is 0 Å². The third kappa shape index (κ3) is 2.35. The minimum Gasteiger partial charge on any atom is -0.399 e. The Kier molecular flexibility index (Phi) is 2.24. The highest BCUT2D eigenvalue weighted by atomic mass is 16.7. The van der Waals surface area contributed by atoms with Gasteiger partial charge in [0.15, 0.2) is 0 Å². The standard InChI is InChI=1S/C15H21BO3/c1-6-12-11(10-17)8-7-9-13(12)16-18-14(2,3)15(4,5)19-16/h7-10H,6H2,1-5H3/i2D,7D,8D,9D,10D. The molecule has 0 aliphatic carbocycles. The minimum atomic E-state index is -1.06. The third-order valence-corrected chi connectivity index (χ3v) is 3.75. The van der Waals surface area contributed by atoms with Crippen LogP contribution in [0, 0.1) is 0 Å². The summed E-state index contributed by atoms with van der Waals surface area (Å²) in [5.74, 6) is 0. The second kappa shape index (κ2) is 4.76. The fourth-order valence-electron chi connectivity index (χ4n) is 2.01. The SMILES string of the molecule is [2H]CC1(C)OB(c2c([2H])c([2H])c([2H])c(C([2H])=O)c2CC)OC1(C)C. The van der Waals surface area contributed by atoms with Gasteiger partial charge >= 0.3 is 7.12 Å². The van der Waals surface area contributed by atoms with E-state index in [4.69, 9.17) is 16.2 Å². The van der Waals surface area contributed by atoms with E-state index in [9.17, 15) is 4.79 Å². The predicted molar refractivity (Wildman–Crippen MR) is 76.9 cm³/mol. The quantitative estimate of drug-likeness (QED) is 0.621. The Bertz CT molecular complexity index is 694. The molecule has 0 spiro atoms. The molecule has 0 amide bonds. The van der Waals surface area contributed by atoms with Gasteiger partial charge in [-0.3, -0.25) is 4.79 Å². The first-order chi connectivity index (χ1) is 11.0. The molecule has 1 unspecified atom stereocenters. The second-order valence-electron chi connectivity index (χ2n) is 5.41. The van der Waals surface area contributed by atoms with Crippen LogP contribution in [0.2, 0.25) is 0 Å². The second-order valence-corrected chi connectivity index (χ2v) is 5.41. The van der Waals surface area contributed by atoms with Crippen molar-refractivity contribution in [2.24, 2.45) is 0 Å². The van der Waals surface area contributed by atoms with Crippen LogP contribution < -0.4 is 5.46 Å². The largest absolute Gasteiger partial charge is 0.495 e. The summed E-state index contributed by atoms with van der Waals surface area (Å²) in [6, 6.07) is -1.08. The van der Waals surface area contributed by atoms with Crippen molar-refractivity contribution < 1.29 is 21.0 Å². The van der Waals surface area contributed by atoms with Gasteiger partial charge in [0, 0.05) is 6.93 Å². The van der Waals surface area contributed by atoms with Gasteiger partial charge in [0.05, 0.1) is 15.3 Å². The van der Waals surface area contributed by atoms with Crippen LogP contribution in [0.1, 0.15) is 57.4 Å². The van der Waals surface area contributed by atoms with Gasteiger partial charge in [0.25, 0.3) is 0 Å². The number of aldehydes is 1. The number of hydrogen-bond acceptors (Lipinski definition) is 3. The topological polar surface area (TPSA) is 35.5 Å². The number of benzene rings is 1. The molecule has 0 radical (unpaired) electrons.